The van der Waals surface area contributed by atoms with Crippen LogP contribution in [-0.4, -0.2) is 30.1 Å². The lowest BCUT2D eigenvalue weighted by molar-refractivity contribution is -0.357. The number of carbonyl (C=O) groups excluding carboxylic acids is 1. The van der Waals surface area contributed by atoms with Crippen molar-refractivity contribution in [3.05, 3.63) is 0 Å². The van der Waals surface area contributed by atoms with E-state index in [2.05, 4.69) is 4.74 Å². The molecule has 0 aromatic carbocycles. The molecule has 0 saturated carbocycles. The molecule has 0 aromatic heterocycles. The van der Waals surface area contributed by atoms with Crippen molar-refractivity contribution in [1.29, 1.82) is 0 Å². The Balaban J connectivity index is 5.30. The molecule has 0 N–H and O–H groups in total. The van der Waals surface area contributed by atoms with E-state index in [9.17, 15) is 35.5 Å². The molecule has 0 amide bonds. The van der Waals surface area contributed by atoms with Gasteiger partial charge in [0.05, 0.1) is 12.0 Å². The lowest BCUT2D eigenvalue weighted by Crippen LogP contribution is -2.53. The van der Waals surface area contributed by atoms with E-state index >= 15 is 0 Å². The van der Waals surface area contributed by atoms with Gasteiger partial charge in [0.1, 0.15) is 0 Å². The Morgan fingerprint density at radius 2 is 1.38 bits per heavy atom. The van der Waals surface area contributed by atoms with Crippen LogP contribution in [0.4, 0.5) is 30.7 Å². The average Bonchev–Trinajstić information content (AvgIpc) is 2.22. The van der Waals surface area contributed by atoms with Crippen molar-refractivity contribution in [3.63, 3.8) is 0 Å². The Kier molecular flexibility index (Phi) is 6.08. The molecule has 1 atom stereocenters. The van der Waals surface area contributed by atoms with Gasteiger partial charge in [-0.2, -0.15) is 30.7 Å². The summed E-state index contributed by atoms with van der Waals surface area (Å²) in [6, 6.07) is 0. The van der Waals surface area contributed by atoms with Gasteiger partial charge in [-0.1, -0.05) is 13.8 Å². The molecule has 0 heterocycles. The van der Waals surface area contributed by atoms with Crippen LogP contribution in [0, 0.1) is 11.8 Å². The largest absolute Gasteiger partial charge is 0.463 e. The zero-order chi connectivity index (χ0) is 17.2. The predicted octanol–water partition coefficient (Wildman–Crippen LogP) is 4.43. The first-order valence-electron chi connectivity index (χ1n) is 6.16. The molecular formula is C12H17F7O2. The quantitative estimate of drug-likeness (QED) is 0.533. The van der Waals surface area contributed by atoms with Crippen molar-refractivity contribution in [2.45, 2.75) is 58.2 Å². The lowest BCUT2D eigenvalue weighted by atomic mass is 9.87. The number of hydrogen-bond donors (Lipinski definition) is 0. The van der Waals surface area contributed by atoms with Gasteiger partial charge >= 0.3 is 24.0 Å². The number of alkyl halides is 7. The number of carbonyl (C=O) groups is 1. The molecule has 1 unspecified atom stereocenters. The zero-order valence-electron chi connectivity index (χ0n) is 11.9. The molecule has 0 aliphatic rings. The van der Waals surface area contributed by atoms with E-state index in [1.807, 2.05) is 0 Å². The molecule has 0 bridgehead atoms. The summed E-state index contributed by atoms with van der Waals surface area (Å²) in [4.78, 5) is 11.6. The van der Waals surface area contributed by atoms with E-state index < -0.39 is 48.4 Å². The smallest absolute Gasteiger partial charge is 0.459 e. The highest BCUT2D eigenvalue weighted by Gasteiger charge is 2.73. The number of hydrogen-bond acceptors (Lipinski definition) is 2. The molecule has 21 heavy (non-hydrogen) atoms. The van der Waals surface area contributed by atoms with Crippen LogP contribution in [0.1, 0.15) is 34.1 Å². The van der Waals surface area contributed by atoms with Gasteiger partial charge < -0.3 is 4.74 Å². The fraction of sp³-hybridized carbons (Fsp3) is 0.917. The molecule has 2 nitrogen and oxygen atoms in total. The monoisotopic (exact) mass is 326 g/mol. The molecule has 0 aromatic rings. The highest BCUT2D eigenvalue weighted by molar-refractivity contribution is 5.73. The predicted molar refractivity (Wildman–Crippen MR) is 60.1 cm³/mol. The Morgan fingerprint density at radius 3 is 1.67 bits per heavy atom. The van der Waals surface area contributed by atoms with Gasteiger partial charge in [0.2, 0.25) is 0 Å². The molecule has 126 valence electrons. The van der Waals surface area contributed by atoms with Gasteiger partial charge in [0.25, 0.3) is 0 Å². The van der Waals surface area contributed by atoms with Crippen LogP contribution in [0.2, 0.25) is 0 Å². The third-order valence-corrected chi connectivity index (χ3v) is 2.75. The second kappa shape index (κ2) is 6.39. The Hall–Kier alpha value is -1.02. The second-order valence-corrected chi connectivity index (χ2v) is 5.32. The molecule has 0 aliphatic heterocycles. The van der Waals surface area contributed by atoms with Crippen LogP contribution in [0.3, 0.4) is 0 Å². The van der Waals surface area contributed by atoms with Crippen LogP contribution >= 0.6 is 0 Å². The van der Waals surface area contributed by atoms with Crippen LogP contribution in [0.15, 0.2) is 0 Å². The third kappa shape index (κ3) is 4.74. The standard InChI is InChI=1S/C12H17F7O2/c1-6(2)8(9(20)21-7(3)4)5-10(13,14)11(15,16)12(17,18)19/h6-8H,5H2,1-4H3. The van der Waals surface area contributed by atoms with Gasteiger partial charge in [0.15, 0.2) is 0 Å². The zero-order valence-corrected chi connectivity index (χ0v) is 11.9. The van der Waals surface area contributed by atoms with Crippen molar-refractivity contribution in [2.75, 3.05) is 0 Å². The molecule has 0 fully saturated rings. The van der Waals surface area contributed by atoms with Crippen molar-refractivity contribution < 1.29 is 40.3 Å². The van der Waals surface area contributed by atoms with E-state index in [0.717, 1.165) is 0 Å². The van der Waals surface area contributed by atoms with Crippen LogP contribution < -0.4 is 0 Å². The number of halogens is 7. The van der Waals surface area contributed by atoms with Crippen molar-refractivity contribution >= 4 is 5.97 Å². The first kappa shape index (κ1) is 20.0. The van der Waals surface area contributed by atoms with Gasteiger partial charge in [-0.25, -0.2) is 0 Å². The summed E-state index contributed by atoms with van der Waals surface area (Å²) >= 11 is 0. The number of ether oxygens (including phenoxy) is 1. The number of esters is 1. The van der Waals surface area contributed by atoms with Gasteiger partial charge in [-0.15, -0.1) is 0 Å². The van der Waals surface area contributed by atoms with Crippen molar-refractivity contribution in [2.24, 2.45) is 11.8 Å². The average molecular weight is 326 g/mol. The Bertz CT molecular complexity index is 361. The normalized spacial score (nSPS) is 15.5. The molecule has 0 rings (SSSR count). The minimum Gasteiger partial charge on any atom is -0.463 e. The summed E-state index contributed by atoms with van der Waals surface area (Å²) in [7, 11) is 0. The van der Waals surface area contributed by atoms with E-state index in [1.54, 1.807) is 0 Å². The van der Waals surface area contributed by atoms with E-state index in [0.29, 0.717) is 0 Å². The van der Waals surface area contributed by atoms with Crippen LogP contribution in [-0.2, 0) is 9.53 Å². The summed E-state index contributed by atoms with van der Waals surface area (Å²) in [5.41, 5.74) is 0. The first-order chi connectivity index (χ1) is 9.13. The molecule has 0 spiro atoms. The van der Waals surface area contributed by atoms with E-state index in [-0.39, 0.29) is 0 Å². The summed E-state index contributed by atoms with van der Waals surface area (Å²) in [5.74, 6) is -15.5. The minimum absolute atomic E-state index is 0.699. The third-order valence-electron chi connectivity index (χ3n) is 2.75. The highest BCUT2D eigenvalue weighted by atomic mass is 19.4. The van der Waals surface area contributed by atoms with Gasteiger partial charge in [-0.05, 0) is 19.8 Å². The van der Waals surface area contributed by atoms with Crippen molar-refractivity contribution in [3.8, 4) is 0 Å². The fourth-order valence-electron chi connectivity index (χ4n) is 1.52. The SMILES string of the molecule is CC(C)OC(=O)C(CC(F)(F)C(F)(F)C(F)(F)F)C(C)C. The van der Waals surface area contributed by atoms with Crippen molar-refractivity contribution in [1.82, 2.24) is 0 Å². The maximum atomic E-state index is 13.3. The lowest BCUT2D eigenvalue weighted by Gasteiger charge is -2.31. The minimum atomic E-state index is -6.40. The van der Waals surface area contributed by atoms with Crippen LogP contribution in [0.25, 0.3) is 0 Å². The molecule has 0 aliphatic carbocycles. The fourth-order valence-corrected chi connectivity index (χ4v) is 1.52. The number of rotatable bonds is 6. The molecular weight excluding hydrogens is 309 g/mol. The summed E-state index contributed by atoms with van der Waals surface area (Å²) in [6.07, 6.45) is -9.04. The van der Waals surface area contributed by atoms with Crippen LogP contribution in [0.5, 0.6) is 0 Å². The topological polar surface area (TPSA) is 26.3 Å². The summed E-state index contributed by atoms with van der Waals surface area (Å²) < 4.78 is 93.1. The Morgan fingerprint density at radius 1 is 0.952 bits per heavy atom. The maximum absolute atomic E-state index is 13.3. The molecule has 9 heteroatoms. The van der Waals surface area contributed by atoms with Gasteiger partial charge in [-0.3, -0.25) is 4.79 Å². The molecule has 0 radical (unpaired) electrons. The van der Waals surface area contributed by atoms with E-state index in [4.69, 9.17) is 0 Å². The highest BCUT2D eigenvalue weighted by Crippen LogP contribution is 2.49. The first-order valence-corrected chi connectivity index (χ1v) is 6.16. The second-order valence-electron chi connectivity index (χ2n) is 5.32. The molecule has 0 saturated heterocycles. The summed E-state index contributed by atoms with van der Waals surface area (Å²) in [6.45, 7) is 5.32. The summed E-state index contributed by atoms with van der Waals surface area (Å²) in [5, 5.41) is 0. The Labute approximate surface area is 117 Å². The van der Waals surface area contributed by atoms with Gasteiger partial charge in [0, 0.05) is 6.42 Å². The van der Waals surface area contributed by atoms with E-state index in [1.165, 1.54) is 27.7 Å². The maximum Gasteiger partial charge on any atom is 0.459 e.